The van der Waals surface area contributed by atoms with Crippen LogP contribution in [0.2, 0.25) is 0 Å². The second-order valence-electron chi connectivity index (χ2n) is 10.3. The number of aromatic nitrogens is 1. The van der Waals surface area contributed by atoms with Crippen LogP contribution in [0.1, 0.15) is 36.1 Å². The average Bonchev–Trinajstić information content (AvgIpc) is 3.06. The molecule has 6 heteroatoms. The zero-order valence-electron chi connectivity index (χ0n) is 25.5. The van der Waals surface area contributed by atoms with Crippen molar-refractivity contribution in [2.24, 2.45) is 0 Å². The van der Waals surface area contributed by atoms with Crippen molar-refractivity contribution >= 4 is 47.3 Å². The lowest BCUT2D eigenvalue weighted by Gasteiger charge is -2.25. The van der Waals surface area contributed by atoms with Crippen LogP contribution in [0.5, 0.6) is 11.5 Å². The molecule has 4 aromatic carbocycles. The fraction of sp³-hybridized carbons (Fsp3) is 0.128. The van der Waals surface area contributed by atoms with Gasteiger partial charge in [0.25, 0.3) is 0 Å². The van der Waals surface area contributed by atoms with Gasteiger partial charge in [-0.2, -0.15) is 4.57 Å². The van der Waals surface area contributed by atoms with Crippen molar-refractivity contribution < 1.29 is 23.9 Å². The van der Waals surface area contributed by atoms with Crippen LogP contribution in [0.4, 0.5) is 17.1 Å². The Labute approximate surface area is 264 Å². The minimum atomic E-state index is -0.878. The van der Waals surface area contributed by atoms with Crippen molar-refractivity contribution in [3.63, 3.8) is 0 Å². The van der Waals surface area contributed by atoms with Gasteiger partial charge in [-0.05, 0) is 73.5 Å². The van der Waals surface area contributed by atoms with Gasteiger partial charge < -0.3 is 19.5 Å². The largest absolute Gasteiger partial charge is 0.493 e. The van der Waals surface area contributed by atoms with E-state index >= 15 is 0 Å². The quantitative estimate of drug-likeness (QED) is 0.109. The summed E-state index contributed by atoms with van der Waals surface area (Å²) in [5.74, 6) is 0.641. The highest BCUT2D eigenvalue weighted by Gasteiger charge is 2.12. The lowest BCUT2D eigenvalue weighted by atomic mass is 10.1. The van der Waals surface area contributed by atoms with E-state index in [1.54, 1.807) is 17.0 Å². The summed E-state index contributed by atoms with van der Waals surface area (Å²) in [5, 5.41) is 9.01. The van der Waals surface area contributed by atoms with Crippen LogP contribution < -0.4 is 18.9 Å². The number of nitrogens with zero attached hydrogens (tertiary/aromatic N) is 2. The molecule has 6 nitrogen and oxygen atoms in total. The molecule has 5 rings (SSSR count). The van der Waals surface area contributed by atoms with Crippen LogP contribution in [0.15, 0.2) is 122 Å². The standard InChI is InChI=1S/C39H36N2O4/c1-3-44-37-28-33(20-16-31-23-25-40(26-24-31)29-39(42)43)38(45-4-2)27-32(37)19-15-30-17-21-36(22-18-30)41(34-11-7-5-8-12-34)35-13-9-6-10-14-35/h5-28H,3-4,29H2,1-2H3/p+1. The van der Waals surface area contributed by atoms with E-state index < -0.39 is 5.97 Å². The van der Waals surface area contributed by atoms with Crippen LogP contribution in [0.3, 0.4) is 0 Å². The van der Waals surface area contributed by atoms with Crippen molar-refractivity contribution in [1.82, 2.24) is 0 Å². The van der Waals surface area contributed by atoms with Crippen LogP contribution in [0.25, 0.3) is 24.3 Å². The van der Waals surface area contributed by atoms with Crippen LogP contribution >= 0.6 is 0 Å². The third-order valence-corrected chi connectivity index (χ3v) is 7.07. The van der Waals surface area contributed by atoms with Gasteiger partial charge >= 0.3 is 5.97 Å². The van der Waals surface area contributed by atoms with Gasteiger partial charge in [-0.25, -0.2) is 4.79 Å². The van der Waals surface area contributed by atoms with Gasteiger partial charge in [-0.1, -0.05) is 72.8 Å². The van der Waals surface area contributed by atoms with Crippen molar-refractivity contribution in [2.75, 3.05) is 18.1 Å². The number of hydrogen-bond donors (Lipinski definition) is 1. The molecule has 226 valence electrons. The van der Waals surface area contributed by atoms with Gasteiger partial charge in [0.15, 0.2) is 12.4 Å². The first kappa shape index (κ1) is 30.8. The third kappa shape index (κ3) is 8.27. The summed E-state index contributed by atoms with van der Waals surface area (Å²) in [5.41, 5.74) is 7.10. The van der Waals surface area contributed by atoms with E-state index in [-0.39, 0.29) is 6.54 Å². The monoisotopic (exact) mass is 597 g/mol. The van der Waals surface area contributed by atoms with Gasteiger partial charge in [0.2, 0.25) is 6.54 Å². The second-order valence-corrected chi connectivity index (χ2v) is 10.3. The Bertz CT molecular complexity index is 1710. The van der Waals surface area contributed by atoms with Gasteiger partial charge in [-0.3, -0.25) is 0 Å². The third-order valence-electron chi connectivity index (χ3n) is 7.07. The minimum absolute atomic E-state index is 0.0743. The molecule has 0 aliphatic carbocycles. The highest BCUT2D eigenvalue weighted by molar-refractivity contribution is 5.80. The van der Waals surface area contributed by atoms with Crippen LogP contribution in [-0.4, -0.2) is 24.3 Å². The highest BCUT2D eigenvalue weighted by atomic mass is 16.5. The molecule has 0 fully saturated rings. The molecule has 0 aliphatic heterocycles. The molecule has 1 heterocycles. The van der Waals surface area contributed by atoms with E-state index in [9.17, 15) is 4.79 Å². The Morgan fingerprint density at radius 2 is 1.09 bits per heavy atom. The highest BCUT2D eigenvalue weighted by Crippen LogP contribution is 2.35. The maximum atomic E-state index is 11.0. The number of para-hydroxylation sites is 2. The zero-order valence-corrected chi connectivity index (χ0v) is 25.5. The topological polar surface area (TPSA) is 62.9 Å². The molecular weight excluding hydrogens is 560 g/mol. The number of benzene rings is 4. The van der Waals surface area contributed by atoms with E-state index in [1.165, 1.54) is 0 Å². The average molecular weight is 598 g/mol. The molecule has 1 aromatic heterocycles. The molecule has 0 aliphatic rings. The Balaban J connectivity index is 1.40. The number of rotatable bonds is 13. The van der Waals surface area contributed by atoms with E-state index in [0.717, 1.165) is 50.8 Å². The van der Waals surface area contributed by atoms with Gasteiger partial charge in [0.1, 0.15) is 11.5 Å². The molecule has 0 radical (unpaired) electrons. The summed E-state index contributed by atoms with van der Waals surface area (Å²) in [6.45, 7) is 4.92. The zero-order chi connectivity index (χ0) is 31.4. The van der Waals surface area contributed by atoms with Crippen LogP contribution in [-0.2, 0) is 11.3 Å². The predicted molar refractivity (Wildman–Crippen MR) is 182 cm³/mol. The number of carboxylic acids is 1. The Kier molecular flexibility index (Phi) is 10.4. The summed E-state index contributed by atoms with van der Waals surface area (Å²) in [6, 6.07) is 37.0. The molecule has 1 N–H and O–H groups in total. The predicted octanol–water partition coefficient (Wildman–Crippen LogP) is 8.67. The van der Waals surface area contributed by atoms with Gasteiger partial charge in [0, 0.05) is 40.3 Å². The normalized spacial score (nSPS) is 11.2. The minimum Gasteiger partial charge on any atom is -0.493 e. The smallest absolute Gasteiger partial charge is 0.370 e. The number of carboxylic acid groups (broad SMARTS) is 1. The fourth-order valence-electron chi connectivity index (χ4n) is 4.96. The first-order chi connectivity index (χ1) is 22.0. The maximum absolute atomic E-state index is 11.0. The van der Waals surface area contributed by atoms with E-state index in [0.29, 0.717) is 13.2 Å². The Morgan fingerprint density at radius 1 is 0.644 bits per heavy atom. The summed E-state index contributed by atoms with van der Waals surface area (Å²) in [4.78, 5) is 13.2. The van der Waals surface area contributed by atoms with Crippen molar-refractivity contribution in [3.8, 4) is 11.5 Å². The lowest BCUT2D eigenvalue weighted by Crippen LogP contribution is -2.36. The molecule has 0 atom stereocenters. The Hall–Kier alpha value is -5.62. The molecule has 45 heavy (non-hydrogen) atoms. The number of anilines is 3. The summed E-state index contributed by atoms with van der Waals surface area (Å²) in [6.07, 6.45) is 11.6. The van der Waals surface area contributed by atoms with Gasteiger partial charge in [-0.15, -0.1) is 0 Å². The summed E-state index contributed by atoms with van der Waals surface area (Å²) in [7, 11) is 0. The Morgan fingerprint density at radius 3 is 1.53 bits per heavy atom. The number of ether oxygens (including phenoxy) is 2. The fourth-order valence-corrected chi connectivity index (χ4v) is 4.96. The molecule has 0 saturated carbocycles. The first-order valence-electron chi connectivity index (χ1n) is 15.0. The van der Waals surface area contributed by atoms with E-state index in [4.69, 9.17) is 14.6 Å². The molecule has 0 amide bonds. The summed E-state index contributed by atoms with van der Waals surface area (Å²) < 4.78 is 13.7. The maximum Gasteiger partial charge on any atom is 0.370 e. The first-order valence-corrected chi connectivity index (χ1v) is 15.0. The lowest BCUT2D eigenvalue weighted by molar-refractivity contribution is -0.685. The molecular formula is C39H37N2O4+. The van der Waals surface area contributed by atoms with Crippen molar-refractivity contribution in [2.45, 2.75) is 20.4 Å². The van der Waals surface area contributed by atoms with Crippen molar-refractivity contribution in [3.05, 3.63) is 144 Å². The van der Waals surface area contributed by atoms with Crippen molar-refractivity contribution in [1.29, 1.82) is 0 Å². The second kappa shape index (κ2) is 15.2. The molecule has 5 aromatic rings. The number of hydrogen-bond acceptors (Lipinski definition) is 4. The SMILES string of the molecule is CCOc1cc(/C=C/c2cc[n+](CC(=O)O)cc2)c(OCC)cc1/C=C/c1ccc(N(c2ccccc2)c2ccccc2)cc1. The number of pyridine rings is 1. The molecule has 0 saturated heterocycles. The van der Waals surface area contributed by atoms with E-state index in [1.807, 2.05) is 62.4 Å². The van der Waals surface area contributed by atoms with E-state index in [2.05, 4.69) is 89.8 Å². The van der Waals surface area contributed by atoms with Gasteiger partial charge in [0.05, 0.1) is 13.2 Å². The molecule has 0 spiro atoms. The molecule has 0 bridgehead atoms. The summed E-state index contributed by atoms with van der Waals surface area (Å²) >= 11 is 0. The van der Waals surface area contributed by atoms with Crippen LogP contribution in [0, 0.1) is 0 Å². The number of carbonyl (C=O) groups is 1. The number of aliphatic carboxylic acids is 1. The molecule has 0 unspecified atom stereocenters.